The number of fused-ring (bicyclic) bond motifs is 3. The lowest BCUT2D eigenvalue weighted by atomic mass is 10.1. The van der Waals surface area contributed by atoms with E-state index in [-0.39, 0.29) is 5.91 Å². The summed E-state index contributed by atoms with van der Waals surface area (Å²) in [5, 5.41) is 3.79. The monoisotopic (exact) mass is 414 g/mol. The van der Waals surface area contributed by atoms with Crippen molar-refractivity contribution in [2.24, 2.45) is 0 Å². The van der Waals surface area contributed by atoms with Crippen molar-refractivity contribution in [2.45, 2.75) is 17.2 Å². The van der Waals surface area contributed by atoms with Crippen molar-refractivity contribution >= 4 is 46.3 Å². The van der Waals surface area contributed by atoms with E-state index in [1.54, 1.807) is 23.1 Å². The van der Waals surface area contributed by atoms with E-state index in [2.05, 4.69) is 22.3 Å². The summed E-state index contributed by atoms with van der Waals surface area (Å²) in [6, 6.07) is 16.2. The fourth-order valence-corrected chi connectivity index (χ4v) is 5.62. The number of hydrogen-bond donors (Lipinski definition) is 1. The number of carbonyl (C=O) groups excluding carboxylic acids is 1. The fourth-order valence-electron chi connectivity index (χ4n) is 3.02. The molecule has 0 aliphatic carbocycles. The highest BCUT2D eigenvalue weighted by Gasteiger charge is 2.22. The third kappa shape index (κ3) is 3.86. The summed E-state index contributed by atoms with van der Waals surface area (Å²) in [7, 11) is 4.03. The van der Waals surface area contributed by atoms with Crippen molar-refractivity contribution in [3.05, 3.63) is 69.6 Å². The van der Waals surface area contributed by atoms with Crippen molar-refractivity contribution in [1.29, 1.82) is 0 Å². The Labute approximate surface area is 172 Å². The van der Waals surface area contributed by atoms with E-state index in [4.69, 9.17) is 11.6 Å². The van der Waals surface area contributed by atoms with E-state index in [1.165, 1.54) is 20.9 Å². The minimum Gasteiger partial charge on any atom is -0.378 e. The van der Waals surface area contributed by atoms with Crippen LogP contribution in [0.1, 0.15) is 20.8 Å². The van der Waals surface area contributed by atoms with Crippen LogP contribution >= 0.6 is 34.7 Å². The Morgan fingerprint density at radius 2 is 1.93 bits per heavy atom. The second kappa shape index (κ2) is 7.58. The number of carbonyl (C=O) groups is 1. The van der Waals surface area contributed by atoms with E-state index in [1.807, 2.05) is 50.5 Å². The average molecular weight is 415 g/mol. The maximum Gasteiger partial charge on any atom is 0.261 e. The molecule has 4 rings (SSSR count). The standard InChI is InChI=1S/C21H19ClN2OS2/c1-24(2)16-6-3-13(4-7-16)11-23-21(25)19-9-14-12-26-18-10-15(22)5-8-17(18)20(14)27-19/h3-10H,11-12H2,1-2H3,(H,23,25). The second-order valence-electron chi connectivity index (χ2n) is 6.64. The Bertz CT molecular complexity index is 996. The van der Waals surface area contributed by atoms with Gasteiger partial charge in [0, 0.05) is 52.4 Å². The highest BCUT2D eigenvalue weighted by atomic mass is 35.5. The zero-order chi connectivity index (χ0) is 19.0. The largest absolute Gasteiger partial charge is 0.378 e. The molecule has 138 valence electrons. The molecule has 0 spiro atoms. The molecule has 2 heterocycles. The Hall–Kier alpha value is -1.95. The number of rotatable bonds is 4. The summed E-state index contributed by atoms with van der Waals surface area (Å²) in [6.07, 6.45) is 0. The molecule has 0 saturated carbocycles. The minimum atomic E-state index is -0.0217. The smallest absolute Gasteiger partial charge is 0.261 e. The van der Waals surface area contributed by atoms with Crippen LogP contribution in [0.3, 0.4) is 0 Å². The minimum absolute atomic E-state index is 0.0217. The Morgan fingerprint density at radius 1 is 1.15 bits per heavy atom. The van der Waals surface area contributed by atoms with E-state index >= 15 is 0 Å². The Morgan fingerprint density at radius 3 is 2.67 bits per heavy atom. The SMILES string of the molecule is CN(C)c1ccc(CNC(=O)c2cc3c(s2)-c2ccc(Cl)cc2SC3)cc1. The molecule has 0 unspecified atom stereocenters. The van der Waals surface area contributed by atoms with Gasteiger partial charge in [-0.15, -0.1) is 23.1 Å². The molecule has 0 saturated heterocycles. The quantitative estimate of drug-likeness (QED) is 0.596. The van der Waals surface area contributed by atoms with Gasteiger partial charge in [0.15, 0.2) is 0 Å². The molecule has 0 bridgehead atoms. The van der Waals surface area contributed by atoms with Gasteiger partial charge in [0.1, 0.15) is 0 Å². The summed E-state index contributed by atoms with van der Waals surface area (Å²) in [5.41, 5.74) is 4.63. The lowest BCUT2D eigenvalue weighted by Gasteiger charge is -2.15. The first-order valence-corrected chi connectivity index (χ1v) is 10.8. The Balaban J connectivity index is 1.48. The van der Waals surface area contributed by atoms with Crippen LogP contribution in [-0.2, 0) is 12.3 Å². The number of nitrogens with one attached hydrogen (secondary N) is 1. The third-order valence-electron chi connectivity index (χ3n) is 4.51. The number of benzene rings is 2. The van der Waals surface area contributed by atoms with Gasteiger partial charge in [-0.1, -0.05) is 29.8 Å². The summed E-state index contributed by atoms with van der Waals surface area (Å²) in [5.74, 6) is 0.852. The van der Waals surface area contributed by atoms with Crippen LogP contribution < -0.4 is 10.2 Å². The summed E-state index contributed by atoms with van der Waals surface area (Å²) in [6.45, 7) is 0.524. The van der Waals surface area contributed by atoms with Crippen LogP contribution in [0.4, 0.5) is 5.69 Å². The van der Waals surface area contributed by atoms with Crippen molar-refractivity contribution in [3.63, 3.8) is 0 Å². The molecule has 3 aromatic rings. The number of halogens is 1. The van der Waals surface area contributed by atoms with E-state index in [9.17, 15) is 4.79 Å². The first-order valence-electron chi connectivity index (χ1n) is 8.61. The second-order valence-corrected chi connectivity index (χ2v) is 9.14. The normalized spacial score (nSPS) is 12.3. The number of hydrogen-bond acceptors (Lipinski definition) is 4. The van der Waals surface area contributed by atoms with Crippen LogP contribution in [-0.4, -0.2) is 20.0 Å². The maximum atomic E-state index is 12.6. The molecule has 27 heavy (non-hydrogen) atoms. The molecule has 1 aromatic heterocycles. The molecular formula is C21H19ClN2OS2. The van der Waals surface area contributed by atoms with E-state index < -0.39 is 0 Å². The zero-order valence-corrected chi connectivity index (χ0v) is 17.5. The molecule has 1 N–H and O–H groups in total. The zero-order valence-electron chi connectivity index (χ0n) is 15.1. The molecule has 1 aliphatic rings. The predicted octanol–water partition coefficient (Wildman–Crippen LogP) is 5.67. The molecule has 1 aliphatic heterocycles. The van der Waals surface area contributed by atoms with Gasteiger partial charge in [-0.2, -0.15) is 0 Å². The van der Waals surface area contributed by atoms with Gasteiger partial charge in [-0.25, -0.2) is 0 Å². The van der Waals surface area contributed by atoms with Crippen LogP contribution in [0.2, 0.25) is 5.02 Å². The molecule has 6 heteroatoms. The van der Waals surface area contributed by atoms with Crippen LogP contribution in [0.5, 0.6) is 0 Å². The first kappa shape index (κ1) is 18.4. The molecule has 0 atom stereocenters. The van der Waals surface area contributed by atoms with Crippen LogP contribution in [0, 0.1) is 0 Å². The number of thioether (sulfide) groups is 1. The maximum absolute atomic E-state index is 12.6. The van der Waals surface area contributed by atoms with Crippen LogP contribution in [0.15, 0.2) is 53.4 Å². The van der Waals surface area contributed by atoms with Crippen molar-refractivity contribution in [1.82, 2.24) is 5.32 Å². The topological polar surface area (TPSA) is 32.3 Å². The molecule has 2 aromatic carbocycles. The van der Waals surface area contributed by atoms with Gasteiger partial charge in [0.25, 0.3) is 5.91 Å². The van der Waals surface area contributed by atoms with Crippen molar-refractivity contribution in [3.8, 4) is 10.4 Å². The van der Waals surface area contributed by atoms with Gasteiger partial charge in [0.2, 0.25) is 0 Å². The van der Waals surface area contributed by atoms with Gasteiger partial charge in [-0.3, -0.25) is 4.79 Å². The molecule has 0 radical (unpaired) electrons. The number of anilines is 1. The lowest BCUT2D eigenvalue weighted by Crippen LogP contribution is -2.21. The summed E-state index contributed by atoms with van der Waals surface area (Å²) in [4.78, 5) is 17.8. The summed E-state index contributed by atoms with van der Waals surface area (Å²) >= 11 is 9.44. The third-order valence-corrected chi connectivity index (χ3v) is 7.06. The van der Waals surface area contributed by atoms with Crippen LogP contribution in [0.25, 0.3) is 10.4 Å². The fraction of sp³-hybridized carbons (Fsp3) is 0.190. The number of nitrogens with zero attached hydrogens (tertiary/aromatic N) is 1. The Kier molecular flexibility index (Phi) is 5.17. The molecular weight excluding hydrogens is 396 g/mol. The van der Waals surface area contributed by atoms with E-state index in [0.717, 1.165) is 26.9 Å². The molecule has 3 nitrogen and oxygen atoms in total. The molecule has 1 amide bonds. The lowest BCUT2D eigenvalue weighted by molar-refractivity contribution is 0.0955. The van der Waals surface area contributed by atoms with Crippen molar-refractivity contribution < 1.29 is 4.79 Å². The summed E-state index contributed by atoms with van der Waals surface area (Å²) < 4.78 is 0. The highest BCUT2D eigenvalue weighted by molar-refractivity contribution is 7.98. The van der Waals surface area contributed by atoms with E-state index in [0.29, 0.717) is 6.54 Å². The van der Waals surface area contributed by atoms with Gasteiger partial charge < -0.3 is 10.2 Å². The van der Waals surface area contributed by atoms with Gasteiger partial charge >= 0.3 is 0 Å². The molecule has 0 fully saturated rings. The predicted molar refractivity (Wildman–Crippen MR) is 116 cm³/mol. The first-order chi connectivity index (χ1) is 13.0. The highest BCUT2D eigenvalue weighted by Crippen LogP contribution is 2.46. The average Bonchev–Trinajstić information content (AvgIpc) is 3.11. The van der Waals surface area contributed by atoms with Gasteiger partial charge in [0.05, 0.1) is 4.88 Å². The number of amides is 1. The number of thiophene rings is 1. The van der Waals surface area contributed by atoms with Gasteiger partial charge in [-0.05, 0) is 41.5 Å². The van der Waals surface area contributed by atoms with Crippen molar-refractivity contribution in [2.75, 3.05) is 19.0 Å².